The zero-order chi connectivity index (χ0) is 18.4. The highest BCUT2D eigenvalue weighted by Crippen LogP contribution is 2.30. The smallest absolute Gasteiger partial charge is 0.343 e. The molecule has 136 valence electrons. The van der Waals surface area contributed by atoms with E-state index in [1.807, 2.05) is 0 Å². The van der Waals surface area contributed by atoms with Gasteiger partial charge < -0.3 is 10.1 Å². The summed E-state index contributed by atoms with van der Waals surface area (Å²) in [6.45, 7) is 2.71. The van der Waals surface area contributed by atoms with Crippen LogP contribution in [0.4, 0.5) is 5.69 Å². The van der Waals surface area contributed by atoms with Gasteiger partial charge in [-0.05, 0) is 25.5 Å². The lowest BCUT2D eigenvalue weighted by molar-refractivity contribution is -0.115. The van der Waals surface area contributed by atoms with Crippen molar-refractivity contribution in [3.05, 3.63) is 38.7 Å². The number of carbonyl (C=O) groups excluding carboxylic acids is 1. The maximum atomic E-state index is 12.4. The van der Waals surface area contributed by atoms with Gasteiger partial charge in [-0.25, -0.2) is 9.89 Å². The average Bonchev–Trinajstić information content (AvgIpc) is 2.92. The number of ether oxygens (including phenoxy) is 1. The summed E-state index contributed by atoms with van der Waals surface area (Å²) in [5.74, 6) is -0.270. The first kappa shape index (κ1) is 19.8. The Hall–Kier alpha value is -1.48. The molecule has 1 aromatic carbocycles. The maximum absolute atomic E-state index is 12.4. The molecule has 1 aromatic heterocycles. The van der Waals surface area contributed by atoms with Crippen LogP contribution in [0.1, 0.15) is 13.3 Å². The second-order valence-electron chi connectivity index (χ2n) is 5.16. The molecule has 1 heterocycles. The van der Waals surface area contributed by atoms with Gasteiger partial charge in [0.1, 0.15) is 0 Å². The Bertz CT molecular complexity index is 793. The van der Waals surface area contributed by atoms with Gasteiger partial charge in [0.15, 0.2) is 5.16 Å². The number of carbonyl (C=O) groups is 1. The largest absolute Gasteiger partial charge is 0.385 e. The Morgan fingerprint density at radius 3 is 2.96 bits per heavy atom. The standard InChI is InChI=1S/C15H18Cl2N4O3S/c1-9(13(22)18-11-6-3-5-10(16)12(11)17)25-15-20-19-14(23)21(15)7-4-8-24-2/h3,5-6,9H,4,7-8H2,1-2H3,(H,18,22)(H,19,23). The van der Waals surface area contributed by atoms with E-state index in [4.69, 9.17) is 27.9 Å². The number of halogens is 2. The van der Waals surface area contributed by atoms with Gasteiger partial charge in [0.05, 0.1) is 21.0 Å². The molecule has 0 saturated heterocycles. The third-order valence-electron chi connectivity index (χ3n) is 3.31. The lowest BCUT2D eigenvalue weighted by Crippen LogP contribution is -2.24. The first-order valence-electron chi connectivity index (χ1n) is 7.49. The molecule has 2 rings (SSSR count). The number of anilines is 1. The maximum Gasteiger partial charge on any atom is 0.343 e. The van der Waals surface area contributed by atoms with Crippen LogP contribution in [0.25, 0.3) is 0 Å². The molecule has 0 fully saturated rings. The third-order valence-corrected chi connectivity index (χ3v) is 5.22. The van der Waals surface area contributed by atoms with Crippen LogP contribution in [0.3, 0.4) is 0 Å². The molecule has 0 radical (unpaired) electrons. The Balaban J connectivity index is 2.04. The Morgan fingerprint density at radius 2 is 2.24 bits per heavy atom. The number of nitrogens with one attached hydrogen (secondary N) is 2. The van der Waals surface area contributed by atoms with Crippen molar-refractivity contribution >= 4 is 46.6 Å². The Labute approximate surface area is 159 Å². The fourth-order valence-corrected chi connectivity index (χ4v) is 3.23. The molecule has 0 aliphatic carbocycles. The topological polar surface area (TPSA) is 89.0 Å². The van der Waals surface area contributed by atoms with Crippen molar-refractivity contribution in [2.24, 2.45) is 0 Å². The summed E-state index contributed by atoms with van der Waals surface area (Å²) in [7, 11) is 1.60. The molecule has 0 aliphatic rings. The van der Waals surface area contributed by atoms with Crippen molar-refractivity contribution in [2.75, 3.05) is 19.0 Å². The summed E-state index contributed by atoms with van der Waals surface area (Å²) in [5, 5.41) is 9.70. The SMILES string of the molecule is COCCCn1c(SC(C)C(=O)Nc2cccc(Cl)c2Cl)n[nH]c1=O. The number of amides is 1. The number of benzene rings is 1. The second-order valence-corrected chi connectivity index (χ2v) is 7.25. The summed E-state index contributed by atoms with van der Waals surface area (Å²) in [4.78, 5) is 24.2. The first-order valence-corrected chi connectivity index (χ1v) is 9.13. The zero-order valence-corrected chi connectivity index (χ0v) is 16.0. The van der Waals surface area contributed by atoms with E-state index in [9.17, 15) is 9.59 Å². The Morgan fingerprint density at radius 1 is 1.48 bits per heavy atom. The summed E-state index contributed by atoms with van der Waals surface area (Å²) in [6.07, 6.45) is 0.669. The van der Waals surface area contributed by atoms with Gasteiger partial charge >= 0.3 is 5.69 Å². The molecule has 0 saturated carbocycles. The lowest BCUT2D eigenvalue weighted by Gasteiger charge is -2.13. The van der Waals surface area contributed by atoms with Gasteiger partial charge in [0, 0.05) is 20.3 Å². The fourth-order valence-electron chi connectivity index (χ4n) is 2.00. The first-order chi connectivity index (χ1) is 11.9. The monoisotopic (exact) mass is 404 g/mol. The van der Waals surface area contributed by atoms with Crippen LogP contribution in [0.15, 0.2) is 28.2 Å². The number of thioether (sulfide) groups is 1. The minimum atomic E-state index is -0.494. The van der Waals surface area contributed by atoms with Crippen molar-refractivity contribution in [1.29, 1.82) is 0 Å². The van der Waals surface area contributed by atoms with Crippen molar-refractivity contribution in [3.8, 4) is 0 Å². The van der Waals surface area contributed by atoms with Gasteiger partial charge in [0.2, 0.25) is 5.91 Å². The minimum Gasteiger partial charge on any atom is -0.385 e. The summed E-state index contributed by atoms with van der Waals surface area (Å²) >= 11 is 13.2. The second kappa shape index (κ2) is 9.28. The van der Waals surface area contributed by atoms with Gasteiger partial charge in [0.25, 0.3) is 0 Å². The van der Waals surface area contributed by atoms with Crippen LogP contribution in [-0.4, -0.2) is 39.6 Å². The molecule has 25 heavy (non-hydrogen) atoms. The predicted molar refractivity (Wildman–Crippen MR) is 99.8 cm³/mol. The molecule has 2 aromatic rings. The summed E-state index contributed by atoms with van der Waals surface area (Å²) in [6, 6.07) is 5.00. The molecular formula is C15H18Cl2N4O3S. The molecule has 2 N–H and O–H groups in total. The van der Waals surface area contributed by atoms with E-state index >= 15 is 0 Å². The number of hydrogen-bond acceptors (Lipinski definition) is 5. The van der Waals surface area contributed by atoms with Crippen LogP contribution >= 0.6 is 35.0 Å². The highest BCUT2D eigenvalue weighted by Gasteiger charge is 2.20. The van der Waals surface area contributed by atoms with Crippen LogP contribution in [0, 0.1) is 0 Å². The average molecular weight is 405 g/mol. The molecule has 1 amide bonds. The van der Waals surface area contributed by atoms with E-state index in [1.165, 1.54) is 16.3 Å². The molecule has 1 atom stereocenters. The summed E-state index contributed by atoms with van der Waals surface area (Å²) < 4.78 is 6.47. The molecule has 0 aliphatic heterocycles. The molecule has 10 heteroatoms. The van der Waals surface area contributed by atoms with Crippen LogP contribution < -0.4 is 11.0 Å². The minimum absolute atomic E-state index is 0.270. The molecule has 7 nitrogen and oxygen atoms in total. The molecule has 0 spiro atoms. The Kier molecular flexibility index (Phi) is 7.37. The number of nitrogens with zero attached hydrogens (tertiary/aromatic N) is 2. The fraction of sp³-hybridized carbons (Fsp3) is 0.400. The quantitative estimate of drug-likeness (QED) is 0.521. The summed E-state index contributed by atoms with van der Waals surface area (Å²) in [5.41, 5.74) is 0.121. The van der Waals surface area contributed by atoms with Crippen LogP contribution in [0.5, 0.6) is 0 Å². The normalized spacial score (nSPS) is 12.2. The molecule has 0 bridgehead atoms. The van der Waals surface area contributed by atoms with Crippen LogP contribution in [-0.2, 0) is 16.1 Å². The van der Waals surface area contributed by atoms with E-state index in [2.05, 4.69) is 15.5 Å². The van der Waals surface area contributed by atoms with Gasteiger partial charge in [-0.3, -0.25) is 9.36 Å². The highest BCUT2D eigenvalue weighted by molar-refractivity contribution is 8.00. The van der Waals surface area contributed by atoms with E-state index in [1.54, 1.807) is 32.2 Å². The predicted octanol–water partition coefficient (Wildman–Crippen LogP) is 3.03. The number of H-pyrrole nitrogens is 1. The van der Waals surface area contributed by atoms with Crippen LogP contribution in [0.2, 0.25) is 10.0 Å². The van der Waals surface area contributed by atoms with E-state index in [0.717, 1.165) is 0 Å². The number of rotatable bonds is 8. The van der Waals surface area contributed by atoms with Crippen molar-refractivity contribution in [2.45, 2.75) is 30.3 Å². The van der Waals surface area contributed by atoms with Crippen molar-refractivity contribution in [3.63, 3.8) is 0 Å². The van der Waals surface area contributed by atoms with E-state index in [-0.39, 0.29) is 16.6 Å². The third kappa shape index (κ3) is 5.24. The lowest BCUT2D eigenvalue weighted by atomic mass is 10.3. The van der Waals surface area contributed by atoms with Gasteiger partial charge in [-0.15, -0.1) is 5.10 Å². The molecule has 1 unspecified atom stereocenters. The number of hydrogen-bond donors (Lipinski definition) is 2. The van der Waals surface area contributed by atoms with Crippen molar-refractivity contribution < 1.29 is 9.53 Å². The number of methoxy groups -OCH3 is 1. The molecular weight excluding hydrogens is 387 g/mol. The van der Waals surface area contributed by atoms with E-state index in [0.29, 0.717) is 35.4 Å². The van der Waals surface area contributed by atoms with Crippen molar-refractivity contribution in [1.82, 2.24) is 14.8 Å². The zero-order valence-electron chi connectivity index (χ0n) is 13.7. The highest BCUT2D eigenvalue weighted by atomic mass is 35.5. The van der Waals surface area contributed by atoms with E-state index < -0.39 is 5.25 Å². The number of aromatic amines is 1. The van der Waals surface area contributed by atoms with Gasteiger partial charge in [-0.2, -0.15) is 0 Å². The van der Waals surface area contributed by atoms with Gasteiger partial charge in [-0.1, -0.05) is 41.0 Å². The number of aromatic nitrogens is 3.